The van der Waals surface area contributed by atoms with Crippen LogP contribution >= 0.6 is 0 Å². The quantitative estimate of drug-likeness (QED) is 0.642. The zero-order valence-corrected chi connectivity index (χ0v) is 14.3. The number of aromatic hydroxyl groups is 2. The van der Waals surface area contributed by atoms with Gasteiger partial charge in [0.15, 0.2) is 11.5 Å². The zero-order valence-electron chi connectivity index (χ0n) is 14.3. The predicted molar refractivity (Wildman–Crippen MR) is 99.8 cm³/mol. The molecule has 0 saturated heterocycles. The summed E-state index contributed by atoms with van der Waals surface area (Å²) in [5, 5.41) is 19.5. The van der Waals surface area contributed by atoms with Crippen molar-refractivity contribution >= 4 is 6.08 Å². The Hall–Kier alpha value is -3.40. The van der Waals surface area contributed by atoms with Crippen LogP contribution in [0.15, 0.2) is 66.4 Å². The number of phenols is 2. The SMILES string of the molecule is Cc1ccc(Oc2cccc(C=C3Cc4ccc(O)c(O)c4O3)c2)cc1. The minimum Gasteiger partial charge on any atom is -0.504 e. The molecular weight excluding hydrogens is 328 g/mol. The second-order valence-electron chi connectivity index (χ2n) is 6.30. The number of phenolic OH excluding ortho intramolecular Hbond substituents is 2. The molecule has 130 valence electrons. The summed E-state index contributed by atoms with van der Waals surface area (Å²) in [4.78, 5) is 0. The summed E-state index contributed by atoms with van der Waals surface area (Å²) in [7, 11) is 0. The molecule has 3 aromatic rings. The van der Waals surface area contributed by atoms with Crippen molar-refractivity contribution in [3.63, 3.8) is 0 Å². The monoisotopic (exact) mass is 346 g/mol. The van der Waals surface area contributed by atoms with Crippen molar-refractivity contribution in [2.45, 2.75) is 13.3 Å². The van der Waals surface area contributed by atoms with Gasteiger partial charge in [0.25, 0.3) is 0 Å². The van der Waals surface area contributed by atoms with Gasteiger partial charge >= 0.3 is 0 Å². The third-order valence-corrected chi connectivity index (χ3v) is 4.23. The topological polar surface area (TPSA) is 58.9 Å². The maximum absolute atomic E-state index is 9.91. The van der Waals surface area contributed by atoms with Gasteiger partial charge in [-0.3, -0.25) is 0 Å². The van der Waals surface area contributed by atoms with E-state index < -0.39 is 0 Å². The van der Waals surface area contributed by atoms with Crippen LogP contribution in [0, 0.1) is 6.92 Å². The normalized spacial score (nSPS) is 14.1. The van der Waals surface area contributed by atoms with Crippen molar-refractivity contribution in [2.24, 2.45) is 0 Å². The summed E-state index contributed by atoms with van der Waals surface area (Å²) in [6.07, 6.45) is 2.46. The Bertz CT molecular complexity index is 988. The van der Waals surface area contributed by atoms with Crippen LogP contribution in [0.4, 0.5) is 0 Å². The molecule has 0 bridgehead atoms. The molecule has 2 N–H and O–H groups in total. The van der Waals surface area contributed by atoms with Gasteiger partial charge in [0.1, 0.15) is 17.3 Å². The fraction of sp³-hybridized carbons (Fsp3) is 0.0909. The van der Waals surface area contributed by atoms with Crippen LogP contribution < -0.4 is 9.47 Å². The molecule has 0 spiro atoms. The number of fused-ring (bicyclic) bond motifs is 1. The third-order valence-electron chi connectivity index (χ3n) is 4.23. The molecule has 4 heteroatoms. The number of rotatable bonds is 3. The standard InChI is InChI=1S/C22H18O4/c1-14-5-8-17(9-6-14)25-18-4-2-3-15(11-18)12-19-13-16-7-10-20(23)21(24)22(16)26-19/h2-12,23-24H,13H2,1H3. The molecular formula is C22H18O4. The highest BCUT2D eigenvalue weighted by Crippen LogP contribution is 2.44. The van der Waals surface area contributed by atoms with E-state index in [9.17, 15) is 10.2 Å². The molecule has 0 aromatic heterocycles. The van der Waals surface area contributed by atoms with Gasteiger partial charge < -0.3 is 19.7 Å². The van der Waals surface area contributed by atoms with Gasteiger partial charge in [-0.25, -0.2) is 0 Å². The lowest BCUT2D eigenvalue weighted by molar-refractivity contribution is 0.368. The Kier molecular flexibility index (Phi) is 4.01. The van der Waals surface area contributed by atoms with Gasteiger partial charge in [0, 0.05) is 12.0 Å². The van der Waals surface area contributed by atoms with Crippen molar-refractivity contribution < 1.29 is 19.7 Å². The van der Waals surface area contributed by atoms with E-state index in [0.717, 1.165) is 22.6 Å². The lowest BCUT2D eigenvalue weighted by atomic mass is 10.1. The second kappa shape index (κ2) is 6.48. The van der Waals surface area contributed by atoms with E-state index in [-0.39, 0.29) is 11.5 Å². The fourth-order valence-corrected chi connectivity index (χ4v) is 2.89. The Balaban J connectivity index is 1.55. The first-order valence-corrected chi connectivity index (χ1v) is 8.35. The van der Waals surface area contributed by atoms with Crippen molar-refractivity contribution in [1.82, 2.24) is 0 Å². The number of allylic oxidation sites excluding steroid dienone is 1. The summed E-state index contributed by atoms with van der Waals surface area (Å²) >= 11 is 0. The molecule has 0 amide bonds. The summed E-state index contributed by atoms with van der Waals surface area (Å²) in [5.74, 6) is 2.14. The molecule has 4 rings (SSSR count). The van der Waals surface area contributed by atoms with Crippen LogP contribution in [0.1, 0.15) is 16.7 Å². The summed E-state index contributed by atoms with van der Waals surface area (Å²) < 4.78 is 11.6. The van der Waals surface area contributed by atoms with Crippen molar-refractivity contribution in [3.05, 3.63) is 83.1 Å². The van der Waals surface area contributed by atoms with Crippen molar-refractivity contribution in [2.75, 3.05) is 0 Å². The zero-order chi connectivity index (χ0) is 18.1. The number of aryl methyl sites for hydroxylation is 1. The van der Waals surface area contributed by atoms with E-state index in [1.54, 1.807) is 6.07 Å². The van der Waals surface area contributed by atoms with E-state index in [0.29, 0.717) is 17.9 Å². The van der Waals surface area contributed by atoms with E-state index in [1.165, 1.54) is 11.6 Å². The van der Waals surface area contributed by atoms with Crippen LogP contribution in [0.3, 0.4) is 0 Å². The highest BCUT2D eigenvalue weighted by molar-refractivity contribution is 5.62. The van der Waals surface area contributed by atoms with E-state index >= 15 is 0 Å². The molecule has 0 saturated carbocycles. The number of ether oxygens (including phenoxy) is 2. The van der Waals surface area contributed by atoms with Gasteiger partial charge in [-0.05, 0) is 48.9 Å². The Morgan fingerprint density at radius 2 is 1.77 bits per heavy atom. The molecule has 1 heterocycles. The Morgan fingerprint density at radius 1 is 0.962 bits per heavy atom. The Labute approximate surface area is 151 Å². The molecule has 0 atom stereocenters. The highest BCUT2D eigenvalue weighted by atomic mass is 16.5. The van der Waals surface area contributed by atoms with Crippen LogP contribution in [0.2, 0.25) is 0 Å². The van der Waals surface area contributed by atoms with Crippen LogP contribution in [-0.2, 0) is 6.42 Å². The summed E-state index contributed by atoms with van der Waals surface area (Å²) in [6, 6.07) is 18.8. The molecule has 0 aliphatic carbocycles. The lowest BCUT2D eigenvalue weighted by Crippen LogP contribution is -1.89. The number of hydrogen-bond acceptors (Lipinski definition) is 4. The molecule has 1 aliphatic heterocycles. The minimum absolute atomic E-state index is 0.182. The molecule has 4 nitrogen and oxygen atoms in total. The average molecular weight is 346 g/mol. The molecule has 0 fully saturated rings. The minimum atomic E-state index is -0.220. The van der Waals surface area contributed by atoms with Gasteiger partial charge in [-0.15, -0.1) is 0 Å². The van der Waals surface area contributed by atoms with Crippen molar-refractivity contribution in [3.8, 4) is 28.7 Å². The molecule has 26 heavy (non-hydrogen) atoms. The maximum atomic E-state index is 9.91. The predicted octanol–water partition coefficient (Wildman–Crippen LogP) is 5.17. The molecule has 1 aliphatic rings. The van der Waals surface area contributed by atoms with E-state index in [4.69, 9.17) is 9.47 Å². The number of hydrogen-bond donors (Lipinski definition) is 2. The van der Waals surface area contributed by atoms with Gasteiger partial charge in [0.2, 0.25) is 5.75 Å². The highest BCUT2D eigenvalue weighted by Gasteiger charge is 2.23. The van der Waals surface area contributed by atoms with E-state index in [2.05, 4.69) is 0 Å². The largest absolute Gasteiger partial charge is 0.504 e. The van der Waals surface area contributed by atoms with E-state index in [1.807, 2.05) is 61.5 Å². The first kappa shape index (κ1) is 16.1. The maximum Gasteiger partial charge on any atom is 0.201 e. The van der Waals surface area contributed by atoms with Crippen LogP contribution in [-0.4, -0.2) is 10.2 Å². The lowest BCUT2D eigenvalue weighted by Gasteiger charge is -2.07. The molecule has 0 radical (unpaired) electrons. The fourth-order valence-electron chi connectivity index (χ4n) is 2.89. The summed E-state index contributed by atoms with van der Waals surface area (Å²) in [5.41, 5.74) is 2.96. The average Bonchev–Trinajstić information content (AvgIpc) is 3.04. The van der Waals surface area contributed by atoms with Crippen molar-refractivity contribution in [1.29, 1.82) is 0 Å². The summed E-state index contributed by atoms with van der Waals surface area (Å²) in [6.45, 7) is 2.04. The van der Waals surface area contributed by atoms with Crippen LogP contribution in [0.5, 0.6) is 28.7 Å². The van der Waals surface area contributed by atoms with Gasteiger partial charge in [-0.1, -0.05) is 35.9 Å². The van der Waals surface area contributed by atoms with Gasteiger partial charge in [-0.2, -0.15) is 0 Å². The molecule has 0 unspecified atom stereocenters. The molecule has 3 aromatic carbocycles. The first-order chi connectivity index (χ1) is 12.6. The Morgan fingerprint density at radius 3 is 2.58 bits per heavy atom. The number of benzene rings is 3. The third kappa shape index (κ3) is 3.22. The van der Waals surface area contributed by atoms with Crippen LogP contribution in [0.25, 0.3) is 6.08 Å². The smallest absolute Gasteiger partial charge is 0.201 e. The van der Waals surface area contributed by atoms with Gasteiger partial charge in [0.05, 0.1) is 0 Å². The second-order valence-corrected chi connectivity index (χ2v) is 6.30. The first-order valence-electron chi connectivity index (χ1n) is 8.35.